The lowest BCUT2D eigenvalue weighted by Crippen LogP contribution is -2.10. The largest absolute Gasteiger partial charge is 0.497 e. The van der Waals surface area contributed by atoms with Gasteiger partial charge in [0.1, 0.15) is 17.3 Å². The summed E-state index contributed by atoms with van der Waals surface area (Å²) >= 11 is 0. The van der Waals surface area contributed by atoms with Crippen LogP contribution in [0.4, 0.5) is 10.1 Å². The number of hydrogen-bond donors (Lipinski definition) is 1. The van der Waals surface area contributed by atoms with Gasteiger partial charge in [0.2, 0.25) is 0 Å². The number of anilines is 1. The molecular formula is C17H20FNO2. The Morgan fingerprint density at radius 1 is 1.00 bits per heavy atom. The van der Waals surface area contributed by atoms with Crippen LogP contribution in [0, 0.1) is 5.82 Å². The Bertz CT molecular complexity index is 562. The van der Waals surface area contributed by atoms with E-state index in [-0.39, 0.29) is 11.9 Å². The molecule has 0 fully saturated rings. The first-order valence-electron chi connectivity index (χ1n) is 6.91. The smallest absolute Gasteiger partial charge is 0.124 e. The van der Waals surface area contributed by atoms with Crippen LogP contribution in [0.2, 0.25) is 0 Å². The molecule has 0 amide bonds. The lowest BCUT2D eigenvalue weighted by atomic mass is 10.0. The van der Waals surface area contributed by atoms with Gasteiger partial charge in [0.25, 0.3) is 0 Å². The number of benzene rings is 2. The maximum absolute atomic E-state index is 13.0. The zero-order chi connectivity index (χ0) is 15.2. The predicted molar refractivity (Wildman–Crippen MR) is 82.6 cm³/mol. The molecule has 0 aliphatic heterocycles. The summed E-state index contributed by atoms with van der Waals surface area (Å²) in [6.45, 7) is 2.08. The van der Waals surface area contributed by atoms with Crippen LogP contribution in [0.3, 0.4) is 0 Å². The first-order valence-corrected chi connectivity index (χ1v) is 6.91. The molecule has 1 atom stereocenters. The van der Waals surface area contributed by atoms with Crippen LogP contribution in [0.15, 0.2) is 42.5 Å². The average Bonchev–Trinajstić information content (AvgIpc) is 2.53. The quantitative estimate of drug-likeness (QED) is 0.854. The summed E-state index contributed by atoms with van der Waals surface area (Å²) < 4.78 is 23.6. The summed E-state index contributed by atoms with van der Waals surface area (Å²) in [4.78, 5) is 0. The van der Waals surface area contributed by atoms with Crippen LogP contribution in [0.25, 0.3) is 0 Å². The van der Waals surface area contributed by atoms with Crippen molar-refractivity contribution in [1.29, 1.82) is 0 Å². The molecule has 2 rings (SSSR count). The molecule has 0 spiro atoms. The minimum atomic E-state index is -0.225. The van der Waals surface area contributed by atoms with Gasteiger partial charge in [-0.2, -0.15) is 0 Å². The van der Waals surface area contributed by atoms with Crippen molar-refractivity contribution in [2.24, 2.45) is 0 Å². The highest BCUT2D eigenvalue weighted by Crippen LogP contribution is 2.29. The second kappa shape index (κ2) is 6.97. The molecule has 1 N–H and O–H groups in total. The Hall–Kier alpha value is -2.23. The van der Waals surface area contributed by atoms with Gasteiger partial charge in [-0.3, -0.25) is 0 Å². The van der Waals surface area contributed by atoms with Gasteiger partial charge in [0.15, 0.2) is 0 Å². The van der Waals surface area contributed by atoms with Gasteiger partial charge in [-0.05, 0) is 24.1 Å². The highest BCUT2D eigenvalue weighted by Gasteiger charge is 2.11. The maximum atomic E-state index is 13.0. The normalized spacial score (nSPS) is 11.8. The highest BCUT2D eigenvalue weighted by atomic mass is 19.1. The topological polar surface area (TPSA) is 30.5 Å². The van der Waals surface area contributed by atoms with Crippen molar-refractivity contribution in [3.05, 3.63) is 53.8 Å². The zero-order valence-electron chi connectivity index (χ0n) is 12.5. The fourth-order valence-electron chi connectivity index (χ4n) is 2.21. The SMILES string of the molecule is CCC(Nc1cc(OC)cc(OC)c1)c1ccc(F)cc1. The van der Waals surface area contributed by atoms with E-state index >= 15 is 0 Å². The monoisotopic (exact) mass is 289 g/mol. The molecule has 0 bridgehead atoms. The minimum Gasteiger partial charge on any atom is -0.497 e. The lowest BCUT2D eigenvalue weighted by molar-refractivity contribution is 0.394. The third-order valence-corrected chi connectivity index (χ3v) is 3.37. The summed E-state index contributed by atoms with van der Waals surface area (Å²) in [5.74, 6) is 1.23. The number of halogens is 1. The van der Waals surface area contributed by atoms with E-state index in [1.54, 1.807) is 26.4 Å². The van der Waals surface area contributed by atoms with E-state index in [4.69, 9.17) is 9.47 Å². The first kappa shape index (κ1) is 15.2. The molecule has 3 nitrogen and oxygen atoms in total. The summed E-state index contributed by atoms with van der Waals surface area (Å²) in [5, 5.41) is 3.43. The molecule has 0 aliphatic rings. The van der Waals surface area contributed by atoms with E-state index in [0.717, 1.165) is 29.2 Å². The summed E-state index contributed by atoms with van der Waals surface area (Å²) in [7, 11) is 3.24. The van der Waals surface area contributed by atoms with E-state index < -0.39 is 0 Å². The van der Waals surface area contributed by atoms with Crippen molar-refractivity contribution in [2.45, 2.75) is 19.4 Å². The van der Waals surface area contributed by atoms with Crippen molar-refractivity contribution in [3.63, 3.8) is 0 Å². The zero-order valence-corrected chi connectivity index (χ0v) is 12.5. The molecule has 0 radical (unpaired) electrons. The van der Waals surface area contributed by atoms with Gasteiger partial charge in [-0.1, -0.05) is 19.1 Å². The highest BCUT2D eigenvalue weighted by molar-refractivity contribution is 5.55. The third-order valence-electron chi connectivity index (χ3n) is 3.37. The molecule has 112 valence electrons. The van der Waals surface area contributed by atoms with Crippen LogP contribution in [0.5, 0.6) is 11.5 Å². The van der Waals surface area contributed by atoms with Crippen LogP contribution in [-0.2, 0) is 0 Å². The Kier molecular flexibility index (Phi) is 5.04. The summed E-state index contributed by atoms with van der Waals surface area (Å²) in [6, 6.07) is 12.3. The second-order valence-electron chi connectivity index (χ2n) is 4.76. The molecule has 0 heterocycles. The van der Waals surface area contributed by atoms with E-state index in [1.165, 1.54) is 12.1 Å². The van der Waals surface area contributed by atoms with Crippen molar-refractivity contribution < 1.29 is 13.9 Å². The fourth-order valence-corrected chi connectivity index (χ4v) is 2.21. The Morgan fingerprint density at radius 2 is 1.57 bits per heavy atom. The number of hydrogen-bond acceptors (Lipinski definition) is 3. The van der Waals surface area contributed by atoms with E-state index in [1.807, 2.05) is 18.2 Å². The van der Waals surface area contributed by atoms with Crippen LogP contribution in [0.1, 0.15) is 24.9 Å². The molecule has 0 saturated carbocycles. The molecule has 0 aliphatic carbocycles. The van der Waals surface area contributed by atoms with Crippen LogP contribution in [-0.4, -0.2) is 14.2 Å². The van der Waals surface area contributed by atoms with Gasteiger partial charge >= 0.3 is 0 Å². The van der Waals surface area contributed by atoms with Crippen molar-refractivity contribution in [2.75, 3.05) is 19.5 Å². The Labute approximate surface area is 124 Å². The second-order valence-corrected chi connectivity index (χ2v) is 4.76. The summed E-state index contributed by atoms with van der Waals surface area (Å²) in [5.41, 5.74) is 1.95. The number of methoxy groups -OCH3 is 2. The molecule has 2 aromatic rings. The van der Waals surface area contributed by atoms with Crippen LogP contribution >= 0.6 is 0 Å². The van der Waals surface area contributed by atoms with Crippen LogP contribution < -0.4 is 14.8 Å². The van der Waals surface area contributed by atoms with Gasteiger partial charge < -0.3 is 14.8 Å². The number of ether oxygens (including phenoxy) is 2. The first-order chi connectivity index (χ1) is 10.2. The van der Waals surface area contributed by atoms with E-state index in [0.29, 0.717) is 0 Å². The summed E-state index contributed by atoms with van der Waals surface area (Å²) in [6.07, 6.45) is 0.880. The molecule has 1 unspecified atom stereocenters. The van der Waals surface area contributed by atoms with Gasteiger partial charge in [-0.25, -0.2) is 4.39 Å². The molecule has 21 heavy (non-hydrogen) atoms. The van der Waals surface area contributed by atoms with E-state index in [9.17, 15) is 4.39 Å². The van der Waals surface area contributed by atoms with Gasteiger partial charge in [0.05, 0.1) is 20.3 Å². The fraction of sp³-hybridized carbons (Fsp3) is 0.294. The molecule has 4 heteroatoms. The molecular weight excluding hydrogens is 269 g/mol. The van der Waals surface area contributed by atoms with E-state index in [2.05, 4.69) is 12.2 Å². The lowest BCUT2D eigenvalue weighted by Gasteiger charge is -2.20. The molecule has 0 saturated heterocycles. The van der Waals surface area contributed by atoms with Gasteiger partial charge in [-0.15, -0.1) is 0 Å². The average molecular weight is 289 g/mol. The number of nitrogens with one attached hydrogen (secondary N) is 1. The number of rotatable bonds is 6. The predicted octanol–water partition coefficient (Wildman–Crippen LogP) is 4.41. The Morgan fingerprint density at radius 3 is 2.05 bits per heavy atom. The third kappa shape index (κ3) is 3.88. The van der Waals surface area contributed by atoms with Crippen molar-refractivity contribution >= 4 is 5.69 Å². The molecule has 2 aromatic carbocycles. The maximum Gasteiger partial charge on any atom is 0.124 e. The van der Waals surface area contributed by atoms with Gasteiger partial charge in [0, 0.05) is 23.9 Å². The standard InChI is InChI=1S/C17H20FNO2/c1-4-17(12-5-7-13(18)8-6-12)19-14-9-15(20-2)11-16(10-14)21-3/h5-11,17,19H,4H2,1-3H3. The molecule has 0 aromatic heterocycles. The van der Waals surface area contributed by atoms with Crippen molar-refractivity contribution in [3.8, 4) is 11.5 Å². The Balaban J connectivity index is 2.23. The van der Waals surface area contributed by atoms with Crippen molar-refractivity contribution in [1.82, 2.24) is 0 Å². The minimum absolute atomic E-state index is 0.0995.